The van der Waals surface area contributed by atoms with E-state index in [1.54, 1.807) is 93.4 Å². The molecule has 109 heavy (non-hydrogen) atoms. The minimum absolute atomic E-state index is 0.0457. The van der Waals surface area contributed by atoms with Crippen LogP contribution in [-0.4, -0.2) is 151 Å². The minimum atomic E-state index is -1.74. The number of nitrogens with one attached hydrogen (secondary N) is 3. The third-order valence-electron chi connectivity index (χ3n) is 18.3. The van der Waals surface area contributed by atoms with Crippen LogP contribution in [0.4, 0.5) is 83.7 Å². The van der Waals surface area contributed by atoms with E-state index in [-0.39, 0.29) is 49.6 Å². The van der Waals surface area contributed by atoms with Gasteiger partial charge in [0.05, 0.1) is 146 Å². The van der Waals surface area contributed by atoms with Crippen molar-refractivity contribution in [1.29, 1.82) is 5.26 Å². The maximum Gasteiger partial charge on any atom is 0.490 e. The molecule has 3 aliphatic heterocycles. The number of morpholine rings is 3. The standard InChI is InChI=1S/C29H23F2N9O.C24H22BF2N5O3.C24H20BrF2N5O/c1-16-25(21-4-2-3-5-34-21)38-22-12-18(30)11-20(31)24(22)26(16)39-23-10-17(27-19(13-32)28(33)37-15-36-27)14-35-29(23)40-6-8-41-9-7-40;1-14-22(18-4-2-3-5-28-18)30-19-12-16(26)11-17(27)21(19)23(14)31-20-10-15(25(33)34)13-29-24(20)32-6-8-35-9-7-32;1-14-22(18-4-2-3-5-28-18)30-19-12-16(26)11-17(27)21(19)23(14)31-20-10-15(25)13-29-24(20)32-6-8-33-9-7-32/h2-5,10-12,14-15H,6-9H2,1H3,(H,38,39)(H2,33,36,37);2-5,10-13,33-34H,6-9H2,1H3,(H,30,31);2-5,10-13H,6-9H2,1H3,(H,30,31). The highest BCUT2D eigenvalue weighted by Gasteiger charge is 2.29. The van der Waals surface area contributed by atoms with Gasteiger partial charge in [0.2, 0.25) is 0 Å². The van der Waals surface area contributed by atoms with E-state index >= 15 is 13.2 Å². The highest BCUT2D eigenvalue weighted by molar-refractivity contribution is 9.10. The summed E-state index contributed by atoms with van der Waals surface area (Å²) in [6.07, 6.45) is 10.9. The van der Waals surface area contributed by atoms with Crippen LogP contribution in [0.15, 0.2) is 157 Å². The Hall–Kier alpha value is -12.1. The molecule has 0 unspecified atom stereocenters. The second kappa shape index (κ2) is 32.5. The molecule has 16 rings (SSSR count). The summed E-state index contributed by atoms with van der Waals surface area (Å²) in [5.41, 5.74) is 15.4. The summed E-state index contributed by atoms with van der Waals surface area (Å²) >= 11 is 3.49. The van der Waals surface area contributed by atoms with Gasteiger partial charge in [0.15, 0.2) is 17.5 Å². The SMILES string of the molecule is Cc1c(-c2ccccn2)nc2cc(F)cc(F)c2c1Nc1cc(-c2ncnc(N)c2C#N)cnc1N1CCOCC1.Cc1c(-c2ccccn2)nc2cc(F)cc(F)c2c1Nc1cc(B(O)O)cnc1N1CCOCC1.Cc1c(-c2ccccn2)nc2cc(F)cc(F)c2c1Nc1cc(Br)cnc1N1CCOCC1. The molecule has 0 saturated carbocycles. The smallest absolute Gasteiger partial charge is 0.423 e. The number of anilines is 10. The maximum atomic E-state index is 15.4. The number of fused-ring (bicyclic) bond motifs is 3. The molecule has 3 aromatic carbocycles. The van der Waals surface area contributed by atoms with E-state index in [0.29, 0.717) is 187 Å². The Morgan fingerprint density at radius 2 is 0.844 bits per heavy atom. The second-order valence-electron chi connectivity index (χ2n) is 25.3. The Bertz CT molecular complexity index is 5620. The van der Waals surface area contributed by atoms with Gasteiger partial charge in [-0.15, -0.1) is 0 Å². The van der Waals surface area contributed by atoms with Gasteiger partial charge in [0, 0.05) is 145 Å². The first-order valence-corrected chi connectivity index (χ1v) is 35.1. The number of nitrogen functional groups attached to an aromatic ring is 1. The van der Waals surface area contributed by atoms with E-state index < -0.39 is 42.0 Å². The van der Waals surface area contributed by atoms with Crippen molar-refractivity contribution in [3.8, 4) is 51.5 Å². The predicted molar refractivity (Wildman–Crippen MR) is 408 cm³/mol. The van der Waals surface area contributed by atoms with Crippen LogP contribution < -0.4 is 41.8 Å². The zero-order valence-corrected chi connectivity index (χ0v) is 60.1. The summed E-state index contributed by atoms with van der Waals surface area (Å²) in [5.74, 6) is -2.50. The lowest BCUT2D eigenvalue weighted by molar-refractivity contribution is 0.122. The number of nitrogens with two attached hydrogens (primary N) is 1. The fourth-order valence-corrected chi connectivity index (χ4v) is 13.4. The number of hydrogen-bond acceptors (Lipinski definition) is 24. The molecule has 550 valence electrons. The Morgan fingerprint density at radius 1 is 0.468 bits per heavy atom. The van der Waals surface area contributed by atoms with Gasteiger partial charge in [-0.25, -0.2) is 66.2 Å². The average Bonchev–Trinajstić information content (AvgIpc) is 0.771. The Morgan fingerprint density at radius 3 is 1.22 bits per heavy atom. The first-order chi connectivity index (χ1) is 52.9. The summed E-state index contributed by atoms with van der Waals surface area (Å²) in [6.45, 7) is 12.4. The molecular weight excluding hydrogens is 1480 g/mol. The van der Waals surface area contributed by atoms with Crippen molar-refractivity contribution in [2.45, 2.75) is 20.8 Å². The van der Waals surface area contributed by atoms with Crippen LogP contribution >= 0.6 is 15.9 Å². The zero-order valence-electron chi connectivity index (χ0n) is 58.5. The fourth-order valence-electron chi connectivity index (χ4n) is 13.1. The van der Waals surface area contributed by atoms with Gasteiger partial charge in [-0.3, -0.25) is 15.0 Å². The molecule has 0 atom stereocenters. The third-order valence-corrected chi connectivity index (χ3v) is 18.8. The van der Waals surface area contributed by atoms with E-state index in [9.17, 15) is 28.5 Å². The van der Waals surface area contributed by atoms with Crippen LogP contribution in [0.1, 0.15) is 22.3 Å². The number of rotatable bonds is 14. The summed E-state index contributed by atoms with van der Waals surface area (Å²) in [5, 5.41) is 39.7. The normalized spacial score (nSPS) is 13.7. The van der Waals surface area contributed by atoms with Crippen LogP contribution in [0.25, 0.3) is 78.1 Å². The van der Waals surface area contributed by atoms with Crippen molar-refractivity contribution in [3.05, 3.63) is 214 Å². The highest BCUT2D eigenvalue weighted by Crippen LogP contribution is 2.44. The number of nitriles is 1. The van der Waals surface area contributed by atoms with Crippen LogP contribution in [0.2, 0.25) is 0 Å². The van der Waals surface area contributed by atoms with Crippen molar-refractivity contribution < 1.29 is 50.6 Å². The molecule has 0 radical (unpaired) electrons. The Labute approximate surface area is 628 Å². The number of aromatic nitrogens is 11. The van der Waals surface area contributed by atoms with Gasteiger partial charge in [0.25, 0.3) is 0 Å². The molecular formula is C77H65BBrF6N19O5. The molecule has 0 aliphatic carbocycles. The Kier molecular flexibility index (Phi) is 22.0. The van der Waals surface area contributed by atoms with Gasteiger partial charge in [-0.1, -0.05) is 18.2 Å². The van der Waals surface area contributed by atoms with Crippen molar-refractivity contribution in [3.63, 3.8) is 0 Å². The minimum Gasteiger partial charge on any atom is -0.423 e. The van der Waals surface area contributed by atoms with Gasteiger partial charge >= 0.3 is 7.12 Å². The molecule has 0 amide bonds. The third kappa shape index (κ3) is 15.9. The number of halogens is 7. The summed E-state index contributed by atoms with van der Waals surface area (Å²) < 4.78 is 105. The summed E-state index contributed by atoms with van der Waals surface area (Å²) in [4.78, 5) is 55.0. The first kappa shape index (κ1) is 73.8. The van der Waals surface area contributed by atoms with Gasteiger partial charge in [0.1, 0.15) is 58.7 Å². The predicted octanol–water partition coefficient (Wildman–Crippen LogP) is 12.9. The van der Waals surface area contributed by atoms with E-state index in [2.05, 4.69) is 92.7 Å². The molecule has 3 saturated heterocycles. The highest BCUT2D eigenvalue weighted by atomic mass is 79.9. The molecule has 3 fully saturated rings. The molecule has 7 N–H and O–H groups in total. The number of nitrogens with zero attached hydrogens (tertiary/aromatic N) is 15. The molecule has 10 aromatic heterocycles. The molecule has 0 bridgehead atoms. The lowest BCUT2D eigenvalue weighted by Gasteiger charge is -2.30. The molecule has 13 heterocycles. The van der Waals surface area contributed by atoms with Crippen molar-refractivity contribution in [1.82, 2.24) is 54.8 Å². The monoisotopic (exact) mass is 1540 g/mol. The van der Waals surface area contributed by atoms with E-state index in [1.165, 1.54) is 30.7 Å². The van der Waals surface area contributed by atoms with Crippen LogP contribution in [0, 0.1) is 67.0 Å². The lowest BCUT2D eigenvalue weighted by Crippen LogP contribution is -2.38. The zero-order chi connectivity index (χ0) is 76.0. The van der Waals surface area contributed by atoms with Crippen LogP contribution in [0.3, 0.4) is 0 Å². The van der Waals surface area contributed by atoms with E-state index in [0.717, 1.165) is 28.5 Å². The summed E-state index contributed by atoms with van der Waals surface area (Å²) in [6, 6.07) is 29.6. The topological polar surface area (TPSA) is 306 Å². The van der Waals surface area contributed by atoms with Crippen molar-refractivity contribution in [2.75, 3.05) is 115 Å². The Balaban J connectivity index is 0.000000137. The number of ether oxygens (including phenoxy) is 3. The quantitative estimate of drug-likeness (QED) is 0.0435. The molecule has 3 aliphatic rings. The molecule has 0 spiro atoms. The second-order valence-corrected chi connectivity index (χ2v) is 26.2. The first-order valence-electron chi connectivity index (χ1n) is 34.3. The molecule has 13 aromatic rings. The van der Waals surface area contributed by atoms with Gasteiger partial charge in [-0.2, -0.15) is 5.26 Å². The maximum absolute atomic E-state index is 15.4. The van der Waals surface area contributed by atoms with Gasteiger partial charge < -0.3 is 60.6 Å². The van der Waals surface area contributed by atoms with Crippen LogP contribution in [0.5, 0.6) is 0 Å². The molecule has 32 heteroatoms. The average molecular weight is 1540 g/mol. The van der Waals surface area contributed by atoms with E-state index in [4.69, 9.17) is 24.9 Å². The number of hydrogen-bond donors (Lipinski definition) is 6. The largest absolute Gasteiger partial charge is 0.490 e. The number of benzene rings is 3. The van der Waals surface area contributed by atoms with E-state index in [1.807, 2.05) is 41.0 Å². The van der Waals surface area contributed by atoms with Gasteiger partial charge in [-0.05, 0) is 91.3 Å². The number of pyridine rings is 9. The fraction of sp³-hybridized carbons (Fsp3) is 0.195. The summed E-state index contributed by atoms with van der Waals surface area (Å²) in [7, 11) is -1.74. The van der Waals surface area contributed by atoms with Crippen molar-refractivity contribution in [2.24, 2.45) is 0 Å². The van der Waals surface area contributed by atoms with Crippen LogP contribution in [-0.2, 0) is 14.2 Å². The van der Waals surface area contributed by atoms with Crippen molar-refractivity contribution >= 4 is 119 Å². The molecule has 24 nitrogen and oxygen atoms in total. The lowest BCUT2D eigenvalue weighted by atomic mass is 9.81.